The van der Waals surface area contributed by atoms with Crippen LogP contribution in [-0.4, -0.2) is 29.3 Å². The van der Waals surface area contributed by atoms with Crippen LogP contribution < -0.4 is 10.6 Å². The molecule has 1 fully saturated rings. The summed E-state index contributed by atoms with van der Waals surface area (Å²) in [6, 6.07) is 13.3. The van der Waals surface area contributed by atoms with Gasteiger partial charge in [0.05, 0.1) is 0 Å². The van der Waals surface area contributed by atoms with Crippen LogP contribution in [0.25, 0.3) is 0 Å². The summed E-state index contributed by atoms with van der Waals surface area (Å²) in [5.41, 5.74) is 1.06. The van der Waals surface area contributed by atoms with Gasteiger partial charge in [-0.15, -0.1) is 0 Å². The van der Waals surface area contributed by atoms with Crippen molar-refractivity contribution in [2.75, 3.05) is 11.9 Å². The molecule has 3 rings (SSSR count). The van der Waals surface area contributed by atoms with Crippen molar-refractivity contribution in [2.24, 2.45) is 0 Å². The number of halogens is 1. The van der Waals surface area contributed by atoms with Crippen LogP contribution in [0, 0.1) is 6.92 Å². The summed E-state index contributed by atoms with van der Waals surface area (Å²) >= 11 is 5.80. The second-order valence-electron chi connectivity index (χ2n) is 6.37. The Balaban J connectivity index is 1.73. The zero-order valence-corrected chi connectivity index (χ0v) is 15.1. The van der Waals surface area contributed by atoms with Gasteiger partial charge in [0.15, 0.2) is 0 Å². The Labute approximate surface area is 156 Å². The number of imide groups is 1. The van der Waals surface area contributed by atoms with Gasteiger partial charge < -0.3 is 10.6 Å². The van der Waals surface area contributed by atoms with Gasteiger partial charge in [-0.1, -0.05) is 41.4 Å². The van der Waals surface area contributed by atoms with Gasteiger partial charge in [-0.25, -0.2) is 4.79 Å². The number of amides is 4. The van der Waals surface area contributed by atoms with Gasteiger partial charge in [-0.2, -0.15) is 0 Å². The van der Waals surface area contributed by atoms with Crippen LogP contribution in [0.2, 0.25) is 5.02 Å². The maximum absolute atomic E-state index is 12.8. The first-order chi connectivity index (χ1) is 12.3. The van der Waals surface area contributed by atoms with Crippen LogP contribution in [0.1, 0.15) is 18.1 Å². The van der Waals surface area contributed by atoms with Gasteiger partial charge in [0.2, 0.25) is 5.91 Å². The average Bonchev–Trinajstić information content (AvgIpc) is 2.82. The van der Waals surface area contributed by atoms with Crippen molar-refractivity contribution in [1.29, 1.82) is 0 Å². The quantitative estimate of drug-likeness (QED) is 0.811. The highest BCUT2D eigenvalue weighted by atomic mass is 35.5. The van der Waals surface area contributed by atoms with Crippen LogP contribution in [0.15, 0.2) is 48.5 Å². The van der Waals surface area contributed by atoms with Crippen molar-refractivity contribution >= 4 is 35.1 Å². The molecule has 0 unspecified atom stereocenters. The molecule has 0 saturated carbocycles. The summed E-state index contributed by atoms with van der Waals surface area (Å²) in [6.07, 6.45) is 0. The summed E-state index contributed by atoms with van der Waals surface area (Å²) in [6.45, 7) is 3.21. The molecular weight excluding hydrogens is 354 g/mol. The lowest BCUT2D eigenvalue weighted by molar-refractivity contribution is -0.133. The van der Waals surface area contributed by atoms with Gasteiger partial charge in [0.1, 0.15) is 12.1 Å². The second-order valence-corrected chi connectivity index (χ2v) is 6.80. The minimum Gasteiger partial charge on any atom is -0.325 e. The van der Waals surface area contributed by atoms with Crippen molar-refractivity contribution < 1.29 is 14.4 Å². The molecule has 2 aromatic carbocycles. The van der Waals surface area contributed by atoms with E-state index in [2.05, 4.69) is 10.6 Å². The van der Waals surface area contributed by atoms with Gasteiger partial charge in [0.25, 0.3) is 5.91 Å². The first kappa shape index (κ1) is 17.9. The van der Waals surface area contributed by atoms with E-state index in [1.807, 2.05) is 19.1 Å². The minimum atomic E-state index is -1.19. The molecule has 1 aliphatic rings. The molecule has 0 aliphatic carbocycles. The number of benzene rings is 2. The lowest BCUT2D eigenvalue weighted by Crippen LogP contribution is -2.42. The molecule has 1 saturated heterocycles. The van der Waals surface area contributed by atoms with Gasteiger partial charge in [-0.3, -0.25) is 14.5 Å². The Bertz CT molecular complexity index is 865. The molecule has 1 heterocycles. The number of anilines is 1. The van der Waals surface area contributed by atoms with E-state index in [9.17, 15) is 14.4 Å². The first-order valence-electron chi connectivity index (χ1n) is 8.06. The van der Waals surface area contributed by atoms with Crippen LogP contribution in [0.4, 0.5) is 10.5 Å². The first-order valence-corrected chi connectivity index (χ1v) is 8.44. The highest BCUT2D eigenvalue weighted by Crippen LogP contribution is 2.29. The molecule has 2 aromatic rings. The number of nitrogens with zero attached hydrogens (tertiary/aromatic N) is 1. The van der Waals surface area contributed by atoms with Gasteiger partial charge >= 0.3 is 6.03 Å². The maximum atomic E-state index is 12.8. The van der Waals surface area contributed by atoms with Crippen molar-refractivity contribution in [1.82, 2.24) is 10.2 Å². The molecule has 2 N–H and O–H groups in total. The Kier molecular flexibility index (Phi) is 4.70. The van der Waals surface area contributed by atoms with E-state index in [1.54, 1.807) is 43.3 Å². The molecule has 0 bridgehead atoms. The monoisotopic (exact) mass is 371 g/mol. The Morgan fingerprint density at radius 2 is 1.73 bits per heavy atom. The van der Waals surface area contributed by atoms with E-state index in [1.165, 1.54) is 0 Å². The van der Waals surface area contributed by atoms with E-state index in [0.29, 0.717) is 16.3 Å². The smallest absolute Gasteiger partial charge is 0.325 e. The average molecular weight is 372 g/mol. The Morgan fingerprint density at radius 1 is 1.12 bits per heavy atom. The third kappa shape index (κ3) is 3.41. The number of nitrogens with one attached hydrogen (secondary N) is 2. The molecule has 0 aromatic heterocycles. The van der Waals surface area contributed by atoms with Crippen LogP contribution >= 0.6 is 11.6 Å². The topological polar surface area (TPSA) is 78.5 Å². The van der Waals surface area contributed by atoms with Crippen LogP contribution in [0.3, 0.4) is 0 Å². The SMILES string of the molecule is Cc1ccc([C@]2(C)NC(=O)N(CC(=O)Nc3ccc(Cl)cc3)C2=O)cc1. The summed E-state index contributed by atoms with van der Waals surface area (Å²) in [4.78, 5) is 38.2. The number of carbonyl (C=O) groups is 3. The Hall–Kier alpha value is -2.86. The van der Waals surface area contributed by atoms with E-state index in [-0.39, 0.29) is 6.54 Å². The molecule has 0 spiro atoms. The third-order valence-electron chi connectivity index (χ3n) is 4.33. The third-order valence-corrected chi connectivity index (χ3v) is 4.59. The van der Waals surface area contributed by atoms with Crippen LogP contribution in [-0.2, 0) is 15.1 Å². The number of aryl methyl sites for hydroxylation is 1. The number of hydrogen-bond donors (Lipinski definition) is 2. The maximum Gasteiger partial charge on any atom is 0.325 e. The number of hydrogen-bond acceptors (Lipinski definition) is 3. The minimum absolute atomic E-state index is 0.366. The lowest BCUT2D eigenvalue weighted by atomic mass is 9.91. The molecule has 1 aliphatic heterocycles. The molecule has 26 heavy (non-hydrogen) atoms. The summed E-state index contributed by atoms with van der Waals surface area (Å²) in [5, 5.41) is 5.87. The highest BCUT2D eigenvalue weighted by molar-refractivity contribution is 6.30. The predicted molar refractivity (Wildman–Crippen MR) is 98.9 cm³/mol. The summed E-state index contributed by atoms with van der Waals surface area (Å²) in [7, 11) is 0. The van der Waals surface area contributed by atoms with Crippen molar-refractivity contribution in [3.63, 3.8) is 0 Å². The standard InChI is InChI=1S/C19H18ClN3O3/c1-12-3-5-13(6-4-12)19(2)17(25)23(18(26)22-19)11-16(24)21-15-9-7-14(20)8-10-15/h3-10H,11H2,1-2H3,(H,21,24)(H,22,26)/t19-/m0/s1. The van der Waals surface area contributed by atoms with E-state index < -0.39 is 23.4 Å². The summed E-state index contributed by atoms with van der Waals surface area (Å²) in [5.74, 6) is -0.929. The fourth-order valence-corrected chi connectivity index (χ4v) is 2.93. The molecule has 1 atom stereocenters. The van der Waals surface area contributed by atoms with Crippen LogP contribution in [0.5, 0.6) is 0 Å². The molecule has 4 amide bonds. The number of urea groups is 1. The molecule has 7 heteroatoms. The second kappa shape index (κ2) is 6.80. The number of carbonyl (C=O) groups excluding carboxylic acids is 3. The van der Waals surface area contributed by atoms with Crippen molar-refractivity contribution in [3.05, 3.63) is 64.7 Å². The van der Waals surface area contributed by atoms with E-state index in [0.717, 1.165) is 10.5 Å². The fraction of sp³-hybridized carbons (Fsp3) is 0.211. The lowest BCUT2D eigenvalue weighted by Gasteiger charge is -2.22. The molecule has 6 nitrogen and oxygen atoms in total. The highest BCUT2D eigenvalue weighted by Gasteiger charge is 2.49. The fourth-order valence-electron chi connectivity index (χ4n) is 2.80. The van der Waals surface area contributed by atoms with Gasteiger partial charge in [-0.05, 0) is 43.7 Å². The van der Waals surface area contributed by atoms with Crippen molar-refractivity contribution in [2.45, 2.75) is 19.4 Å². The van der Waals surface area contributed by atoms with Crippen molar-refractivity contribution in [3.8, 4) is 0 Å². The van der Waals surface area contributed by atoms with Gasteiger partial charge in [0, 0.05) is 10.7 Å². The predicted octanol–water partition coefficient (Wildman–Crippen LogP) is 3.05. The summed E-state index contributed by atoms with van der Waals surface area (Å²) < 4.78 is 0. The van der Waals surface area contributed by atoms with E-state index in [4.69, 9.17) is 11.6 Å². The molecule has 134 valence electrons. The number of rotatable bonds is 4. The molecular formula is C19H18ClN3O3. The largest absolute Gasteiger partial charge is 0.325 e. The van der Waals surface area contributed by atoms with E-state index >= 15 is 0 Å². The zero-order chi connectivity index (χ0) is 18.9. The zero-order valence-electron chi connectivity index (χ0n) is 14.4. The molecule has 0 radical (unpaired) electrons. The normalized spacial score (nSPS) is 19.4. The Morgan fingerprint density at radius 3 is 2.35 bits per heavy atom.